The second-order valence-electron chi connectivity index (χ2n) is 8.21. The molecule has 5 aromatic rings. The number of halogens is 3. The number of anilines is 1. The first-order chi connectivity index (χ1) is 18.8. The van der Waals surface area contributed by atoms with Crippen LogP contribution in [0.3, 0.4) is 0 Å². The molecule has 39 heavy (non-hydrogen) atoms. The number of thioether (sulfide) groups is 2. The third kappa shape index (κ3) is 6.85. The molecule has 2 heterocycles. The fourth-order valence-electron chi connectivity index (χ4n) is 3.56. The van der Waals surface area contributed by atoms with Crippen molar-refractivity contribution in [2.24, 2.45) is 7.05 Å². The lowest BCUT2D eigenvalue weighted by Gasteiger charge is -2.07. The Kier molecular flexibility index (Phi) is 8.95. The van der Waals surface area contributed by atoms with E-state index in [1.165, 1.54) is 34.9 Å². The summed E-state index contributed by atoms with van der Waals surface area (Å²) in [4.78, 5) is 29.7. The largest absolute Gasteiger partial charge is 0.325 e. The molecule has 0 unspecified atom stereocenters. The van der Waals surface area contributed by atoms with Crippen LogP contribution in [0, 0.1) is 0 Å². The first-order valence-electron chi connectivity index (χ1n) is 11.4. The molecule has 1 N–H and O–H groups in total. The highest BCUT2D eigenvalue weighted by atomic mass is 79.9. The minimum Gasteiger partial charge on any atom is -0.325 e. The predicted molar refractivity (Wildman–Crippen MR) is 165 cm³/mol. The summed E-state index contributed by atoms with van der Waals surface area (Å²) < 4.78 is 4.45. The van der Waals surface area contributed by atoms with Crippen LogP contribution < -0.4 is 5.32 Å². The maximum absolute atomic E-state index is 12.7. The van der Waals surface area contributed by atoms with E-state index < -0.39 is 0 Å². The smallest absolute Gasteiger partial charge is 0.234 e. The number of thiazole rings is 1. The van der Waals surface area contributed by atoms with E-state index in [0.717, 1.165) is 19.0 Å². The number of rotatable bonds is 9. The molecule has 3 aromatic carbocycles. The molecule has 198 valence electrons. The van der Waals surface area contributed by atoms with Gasteiger partial charge in [-0.25, -0.2) is 4.98 Å². The van der Waals surface area contributed by atoms with Crippen LogP contribution in [-0.4, -0.2) is 42.9 Å². The van der Waals surface area contributed by atoms with Crippen LogP contribution in [0.2, 0.25) is 10.0 Å². The molecule has 2 aromatic heterocycles. The van der Waals surface area contributed by atoms with Crippen molar-refractivity contribution in [1.29, 1.82) is 0 Å². The molecule has 0 aliphatic carbocycles. The van der Waals surface area contributed by atoms with E-state index in [9.17, 15) is 9.59 Å². The Labute approximate surface area is 254 Å². The molecule has 1 amide bonds. The molecule has 0 spiro atoms. The maximum Gasteiger partial charge on any atom is 0.234 e. The van der Waals surface area contributed by atoms with Gasteiger partial charge in [-0.1, -0.05) is 74.8 Å². The van der Waals surface area contributed by atoms with Gasteiger partial charge in [0, 0.05) is 33.4 Å². The monoisotopic (exact) mass is 677 g/mol. The van der Waals surface area contributed by atoms with Crippen molar-refractivity contribution in [2.45, 2.75) is 9.50 Å². The van der Waals surface area contributed by atoms with Crippen molar-refractivity contribution in [3.63, 3.8) is 0 Å². The van der Waals surface area contributed by atoms with Crippen LogP contribution >= 0.6 is 74.0 Å². The number of nitrogens with zero attached hydrogens (tertiary/aromatic N) is 4. The van der Waals surface area contributed by atoms with Crippen LogP contribution in [0.25, 0.3) is 21.6 Å². The zero-order valence-electron chi connectivity index (χ0n) is 20.2. The van der Waals surface area contributed by atoms with Gasteiger partial charge in [-0.15, -0.1) is 21.5 Å². The molecular formula is C26H18BrCl2N5O2S3. The lowest BCUT2D eigenvalue weighted by molar-refractivity contribution is -0.113. The summed E-state index contributed by atoms with van der Waals surface area (Å²) in [5.74, 6) is 0.912. The minimum atomic E-state index is -0.173. The maximum atomic E-state index is 12.7. The van der Waals surface area contributed by atoms with Gasteiger partial charge in [0.15, 0.2) is 21.1 Å². The first-order valence-corrected chi connectivity index (χ1v) is 15.7. The van der Waals surface area contributed by atoms with Crippen molar-refractivity contribution in [3.8, 4) is 11.4 Å². The van der Waals surface area contributed by atoms with Crippen LogP contribution in [0.1, 0.15) is 10.4 Å². The third-order valence-electron chi connectivity index (χ3n) is 5.48. The highest BCUT2D eigenvalue weighted by Crippen LogP contribution is 2.33. The number of hydrogen-bond donors (Lipinski definition) is 1. The Hall–Kier alpha value is -2.41. The molecule has 0 saturated carbocycles. The number of nitrogens with one attached hydrogen (secondary N) is 1. The van der Waals surface area contributed by atoms with Gasteiger partial charge >= 0.3 is 0 Å². The zero-order valence-corrected chi connectivity index (χ0v) is 25.7. The van der Waals surface area contributed by atoms with Crippen LogP contribution in [-0.2, 0) is 11.8 Å². The van der Waals surface area contributed by atoms with E-state index in [4.69, 9.17) is 23.2 Å². The second kappa shape index (κ2) is 12.4. The lowest BCUT2D eigenvalue weighted by atomic mass is 10.2. The Morgan fingerprint density at radius 3 is 2.56 bits per heavy atom. The van der Waals surface area contributed by atoms with Gasteiger partial charge in [-0.3, -0.25) is 9.59 Å². The van der Waals surface area contributed by atoms with Gasteiger partial charge in [-0.05, 0) is 48.5 Å². The number of benzene rings is 3. The van der Waals surface area contributed by atoms with Gasteiger partial charge < -0.3 is 9.88 Å². The van der Waals surface area contributed by atoms with Gasteiger partial charge in [-0.2, -0.15) is 0 Å². The second-order valence-corrected chi connectivity index (χ2v) is 13.2. The molecule has 7 nitrogen and oxygen atoms in total. The van der Waals surface area contributed by atoms with Gasteiger partial charge in [0.1, 0.15) is 0 Å². The number of aromatic nitrogens is 4. The number of ketones is 1. The van der Waals surface area contributed by atoms with E-state index in [-0.39, 0.29) is 17.4 Å². The van der Waals surface area contributed by atoms with Crippen LogP contribution in [0.5, 0.6) is 0 Å². The number of carbonyl (C=O) groups excluding carboxylic acids is 2. The van der Waals surface area contributed by atoms with Crippen molar-refractivity contribution in [2.75, 3.05) is 16.8 Å². The third-order valence-corrected chi connectivity index (χ3v) is 9.74. The van der Waals surface area contributed by atoms with Gasteiger partial charge in [0.25, 0.3) is 0 Å². The number of hydrogen-bond acceptors (Lipinski definition) is 8. The molecule has 13 heteroatoms. The van der Waals surface area contributed by atoms with Crippen molar-refractivity contribution < 1.29 is 9.59 Å². The number of fused-ring (bicyclic) bond motifs is 1. The zero-order chi connectivity index (χ0) is 27.5. The number of carbonyl (C=O) groups is 2. The predicted octanol–water partition coefficient (Wildman–Crippen LogP) is 7.87. The van der Waals surface area contributed by atoms with E-state index in [1.54, 1.807) is 34.9 Å². The highest BCUT2D eigenvalue weighted by Gasteiger charge is 2.16. The topological polar surface area (TPSA) is 89.8 Å². The van der Waals surface area contributed by atoms with E-state index >= 15 is 0 Å². The lowest BCUT2D eigenvalue weighted by Crippen LogP contribution is -2.14. The summed E-state index contributed by atoms with van der Waals surface area (Å²) in [6.45, 7) is 0. The summed E-state index contributed by atoms with van der Waals surface area (Å²) in [5.41, 5.74) is 2.87. The average molecular weight is 679 g/mol. The Morgan fingerprint density at radius 1 is 1.00 bits per heavy atom. The summed E-state index contributed by atoms with van der Waals surface area (Å²) in [6.07, 6.45) is 0. The summed E-state index contributed by atoms with van der Waals surface area (Å²) >= 11 is 19.9. The van der Waals surface area contributed by atoms with Gasteiger partial charge in [0.2, 0.25) is 5.91 Å². The minimum absolute atomic E-state index is 0.0449. The Morgan fingerprint density at radius 2 is 1.79 bits per heavy atom. The van der Waals surface area contributed by atoms with Crippen molar-refractivity contribution in [1.82, 2.24) is 19.7 Å². The van der Waals surface area contributed by atoms with E-state index in [1.807, 2.05) is 37.4 Å². The van der Waals surface area contributed by atoms with Crippen LogP contribution in [0.15, 0.2) is 74.6 Å². The molecular weight excluding hydrogens is 661 g/mol. The molecule has 0 bridgehead atoms. The molecule has 0 aliphatic heterocycles. The standard InChI is InChI=1S/C26H18BrCl2N5O2S3/c1-34-24(18-8-6-16(28)10-19(18)29)32-33-25(34)37-13-23(36)30-17-7-9-20-22(11-17)39-26(31-20)38-12-21(35)14-2-4-15(27)5-3-14/h2-11H,12-13H2,1H3,(H,30,36). The van der Waals surface area contributed by atoms with Gasteiger partial charge in [0.05, 0.1) is 26.7 Å². The number of Topliss-reactive ketones (excluding diaryl/α,β-unsaturated/α-hetero) is 1. The summed E-state index contributed by atoms with van der Waals surface area (Å²) in [5, 5.41) is 12.9. The first kappa shape index (κ1) is 28.1. The summed E-state index contributed by atoms with van der Waals surface area (Å²) in [7, 11) is 1.82. The van der Waals surface area contributed by atoms with E-state index in [2.05, 4.69) is 36.4 Å². The van der Waals surface area contributed by atoms with Crippen molar-refractivity contribution in [3.05, 3.63) is 80.7 Å². The molecule has 0 saturated heterocycles. The molecule has 5 rings (SSSR count). The molecule has 0 fully saturated rings. The highest BCUT2D eigenvalue weighted by molar-refractivity contribution is 9.10. The normalized spacial score (nSPS) is 11.2. The van der Waals surface area contributed by atoms with Crippen molar-refractivity contribution >= 4 is 102 Å². The van der Waals surface area contributed by atoms with Crippen LogP contribution in [0.4, 0.5) is 5.69 Å². The molecule has 0 aliphatic rings. The SMILES string of the molecule is Cn1c(SCC(=O)Nc2ccc3nc(SCC(=O)c4ccc(Br)cc4)sc3c2)nnc1-c1ccc(Cl)cc1Cl. The summed E-state index contributed by atoms with van der Waals surface area (Å²) in [6, 6.07) is 18.1. The Bertz CT molecular complexity index is 1690. The quantitative estimate of drug-likeness (QED) is 0.125. The fraction of sp³-hybridized carbons (Fsp3) is 0.115. The van der Waals surface area contributed by atoms with E-state index in [0.29, 0.717) is 43.6 Å². The Balaban J connectivity index is 1.18. The number of amides is 1. The average Bonchev–Trinajstić information content (AvgIpc) is 3.49. The molecule has 0 radical (unpaired) electrons. The fourth-order valence-corrected chi connectivity index (χ4v) is 7.03. The molecule has 0 atom stereocenters.